The predicted molar refractivity (Wildman–Crippen MR) is 36.4 cm³/mol. The maximum atomic E-state index is 10.0. The van der Waals surface area contributed by atoms with Gasteiger partial charge in [-0.15, -0.1) is 0 Å². The number of amides is 1. The van der Waals surface area contributed by atoms with Crippen molar-refractivity contribution in [3.8, 4) is 0 Å². The minimum atomic E-state index is -0.660. The fourth-order valence-electron chi connectivity index (χ4n) is 0.581. The Labute approximate surface area is 57.9 Å². The fraction of sp³-hybridized carbons (Fsp3) is 0.800. The average molecular weight is 147 g/mol. The average Bonchev–Trinajstić information content (AvgIpc) is 1.60. The molecule has 52 valence electrons. The first kappa shape index (κ1) is 6.74. The van der Waals surface area contributed by atoms with Gasteiger partial charge in [0.05, 0.1) is 6.61 Å². The molecule has 0 saturated carbocycles. The van der Waals surface area contributed by atoms with Crippen molar-refractivity contribution in [3.05, 3.63) is 0 Å². The molecule has 0 bridgehead atoms. The summed E-state index contributed by atoms with van der Waals surface area (Å²) in [6.45, 7) is 0.502. The molecular weight excluding hydrogens is 138 g/mol. The van der Waals surface area contributed by atoms with E-state index in [0.717, 1.165) is 11.5 Å². The molecule has 3 nitrogen and oxygen atoms in total. The second kappa shape index (κ2) is 2.96. The summed E-state index contributed by atoms with van der Waals surface area (Å²) in [6.07, 6.45) is -0.660. The van der Waals surface area contributed by atoms with E-state index in [2.05, 4.69) is 4.74 Å². The molecular formula is C5H9NO2S. The Morgan fingerprint density at radius 3 is 2.78 bits per heavy atom. The molecule has 1 saturated heterocycles. The number of carbonyl (C=O) groups excluding carboxylic acids is 1. The highest BCUT2D eigenvalue weighted by molar-refractivity contribution is 8.00. The molecule has 0 unspecified atom stereocenters. The van der Waals surface area contributed by atoms with E-state index in [4.69, 9.17) is 5.73 Å². The van der Waals surface area contributed by atoms with Crippen molar-refractivity contribution in [2.75, 3.05) is 18.1 Å². The van der Waals surface area contributed by atoms with Gasteiger partial charge in [0, 0.05) is 17.4 Å². The first-order valence-electron chi connectivity index (χ1n) is 2.79. The second-order valence-corrected chi connectivity index (χ2v) is 3.11. The van der Waals surface area contributed by atoms with Crippen LogP contribution in [0.2, 0.25) is 0 Å². The summed E-state index contributed by atoms with van der Waals surface area (Å²) in [5.74, 6) is 2.77. The summed E-state index contributed by atoms with van der Waals surface area (Å²) in [4.78, 5) is 10.0. The van der Waals surface area contributed by atoms with E-state index in [1.54, 1.807) is 0 Å². The topological polar surface area (TPSA) is 52.3 Å². The first-order valence-corrected chi connectivity index (χ1v) is 3.94. The van der Waals surface area contributed by atoms with Crippen LogP contribution in [0.4, 0.5) is 4.79 Å². The molecule has 1 rings (SSSR count). The Bertz CT molecular complexity index is 114. The summed E-state index contributed by atoms with van der Waals surface area (Å²) in [6, 6.07) is 0. The lowest BCUT2D eigenvalue weighted by atomic mass is 10.2. The van der Waals surface area contributed by atoms with E-state index in [0.29, 0.717) is 12.5 Å². The smallest absolute Gasteiger partial charge is 0.404 e. The second-order valence-electron chi connectivity index (χ2n) is 2.03. The van der Waals surface area contributed by atoms with Gasteiger partial charge in [0.15, 0.2) is 0 Å². The minimum absolute atomic E-state index is 0.502. The SMILES string of the molecule is NC(=O)OCC1CSC1. The van der Waals surface area contributed by atoms with Crippen LogP contribution in [0.3, 0.4) is 0 Å². The van der Waals surface area contributed by atoms with Crippen molar-refractivity contribution in [1.29, 1.82) is 0 Å². The van der Waals surface area contributed by atoms with Gasteiger partial charge in [-0.3, -0.25) is 0 Å². The van der Waals surface area contributed by atoms with E-state index in [1.807, 2.05) is 11.8 Å². The molecule has 2 N–H and O–H groups in total. The van der Waals surface area contributed by atoms with Gasteiger partial charge < -0.3 is 10.5 Å². The maximum absolute atomic E-state index is 10.0. The van der Waals surface area contributed by atoms with Gasteiger partial charge in [0.25, 0.3) is 0 Å². The van der Waals surface area contributed by atoms with E-state index in [9.17, 15) is 4.79 Å². The van der Waals surface area contributed by atoms with Crippen molar-refractivity contribution in [2.45, 2.75) is 0 Å². The van der Waals surface area contributed by atoms with Crippen LogP contribution in [0.25, 0.3) is 0 Å². The number of nitrogens with two attached hydrogens (primary N) is 1. The predicted octanol–water partition coefficient (Wildman–Crippen LogP) is 0.445. The van der Waals surface area contributed by atoms with Crippen LogP contribution in [-0.2, 0) is 4.74 Å². The van der Waals surface area contributed by atoms with Gasteiger partial charge in [-0.1, -0.05) is 0 Å². The third-order valence-electron chi connectivity index (χ3n) is 1.17. The Morgan fingerprint density at radius 2 is 2.44 bits per heavy atom. The van der Waals surface area contributed by atoms with Crippen LogP contribution < -0.4 is 5.73 Å². The van der Waals surface area contributed by atoms with Gasteiger partial charge in [-0.25, -0.2) is 4.79 Å². The Kier molecular flexibility index (Phi) is 2.22. The Morgan fingerprint density at radius 1 is 1.78 bits per heavy atom. The third kappa shape index (κ3) is 2.13. The standard InChI is InChI=1S/C5H9NO2S/c6-5(7)8-1-4-2-9-3-4/h4H,1-3H2,(H2,6,7). The molecule has 1 heterocycles. The lowest BCUT2D eigenvalue weighted by molar-refractivity contribution is 0.143. The van der Waals surface area contributed by atoms with Crippen molar-refractivity contribution in [3.63, 3.8) is 0 Å². The Hall–Kier alpha value is -0.380. The van der Waals surface area contributed by atoms with Gasteiger partial charge in [0.1, 0.15) is 0 Å². The molecule has 0 aromatic heterocycles. The third-order valence-corrected chi connectivity index (χ3v) is 2.58. The van der Waals surface area contributed by atoms with Crippen LogP contribution in [0.15, 0.2) is 0 Å². The molecule has 0 radical (unpaired) electrons. The molecule has 0 aliphatic carbocycles. The van der Waals surface area contributed by atoms with Crippen molar-refractivity contribution < 1.29 is 9.53 Å². The minimum Gasteiger partial charge on any atom is -0.449 e. The van der Waals surface area contributed by atoms with Crippen molar-refractivity contribution >= 4 is 17.9 Å². The van der Waals surface area contributed by atoms with E-state index in [-0.39, 0.29) is 0 Å². The molecule has 0 spiro atoms. The molecule has 1 aliphatic heterocycles. The van der Waals surface area contributed by atoms with Crippen LogP contribution in [0, 0.1) is 5.92 Å². The Balaban J connectivity index is 1.97. The lowest BCUT2D eigenvalue weighted by Crippen LogP contribution is -2.26. The molecule has 1 aliphatic rings. The summed E-state index contributed by atoms with van der Waals surface area (Å²) >= 11 is 1.86. The van der Waals surface area contributed by atoms with E-state index < -0.39 is 6.09 Å². The quantitative estimate of drug-likeness (QED) is 0.616. The molecule has 0 aromatic carbocycles. The fourth-order valence-corrected chi connectivity index (χ4v) is 1.34. The summed E-state index contributed by atoms with van der Waals surface area (Å²) in [5.41, 5.74) is 4.75. The number of primary amides is 1. The zero-order valence-electron chi connectivity index (χ0n) is 5.00. The highest BCUT2D eigenvalue weighted by Crippen LogP contribution is 2.24. The number of hydrogen-bond acceptors (Lipinski definition) is 3. The van der Waals surface area contributed by atoms with E-state index in [1.165, 1.54) is 0 Å². The molecule has 1 amide bonds. The van der Waals surface area contributed by atoms with Gasteiger partial charge in [-0.2, -0.15) is 11.8 Å². The summed E-state index contributed by atoms with van der Waals surface area (Å²) in [7, 11) is 0. The van der Waals surface area contributed by atoms with Crippen molar-refractivity contribution in [2.24, 2.45) is 11.7 Å². The first-order chi connectivity index (χ1) is 4.29. The zero-order valence-corrected chi connectivity index (χ0v) is 5.82. The van der Waals surface area contributed by atoms with Crippen LogP contribution in [0.5, 0.6) is 0 Å². The number of hydrogen-bond donors (Lipinski definition) is 1. The van der Waals surface area contributed by atoms with Crippen molar-refractivity contribution in [1.82, 2.24) is 0 Å². The number of ether oxygens (including phenoxy) is 1. The molecule has 9 heavy (non-hydrogen) atoms. The van der Waals surface area contributed by atoms with Crippen LogP contribution >= 0.6 is 11.8 Å². The van der Waals surface area contributed by atoms with Gasteiger partial charge in [-0.05, 0) is 0 Å². The summed E-state index contributed by atoms with van der Waals surface area (Å²) < 4.78 is 4.57. The number of rotatable bonds is 2. The molecule has 1 fully saturated rings. The van der Waals surface area contributed by atoms with Crippen LogP contribution in [-0.4, -0.2) is 24.2 Å². The number of carbonyl (C=O) groups is 1. The molecule has 0 aromatic rings. The monoisotopic (exact) mass is 147 g/mol. The summed E-state index contributed by atoms with van der Waals surface area (Å²) in [5, 5.41) is 0. The molecule has 0 atom stereocenters. The van der Waals surface area contributed by atoms with Crippen LogP contribution in [0.1, 0.15) is 0 Å². The maximum Gasteiger partial charge on any atom is 0.404 e. The zero-order chi connectivity index (χ0) is 6.69. The highest BCUT2D eigenvalue weighted by Gasteiger charge is 2.18. The van der Waals surface area contributed by atoms with Gasteiger partial charge >= 0.3 is 6.09 Å². The largest absolute Gasteiger partial charge is 0.449 e. The normalized spacial score (nSPS) is 18.7. The van der Waals surface area contributed by atoms with Gasteiger partial charge in [0.2, 0.25) is 0 Å². The number of thioether (sulfide) groups is 1. The van der Waals surface area contributed by atoms with E-state index >= 15 is 0 Å². The highest BCUT2D eigenvalue weighted by atomic mass is 32.2. The molecule has 4 heteroatoms. The lowest BCUT2D eigenvalue weighted by Gasteiger charge is -2.23.